The van der Waals surface area contributed by atoms with Gasteiger partial charge in [-0.25, -0.2) is 4.68 Å². The van der Waals surface area contributed by atoms with Crippen molar-refractivity contribution in [3.8, 4) is 0 Å². The second-order valence-electron chi connectivity index (χ2n) is 2.90. The van der Waals surface area contributed by atoms with Crippen LogP contribution < -0.4 is 0 Å². The lowest BCUT2D eigenvalue weighted by Gasteiger charge is -2.05. The minimum absolute atomic E-state index is 0.269. The van der Waals surface area contributed by atoms with E-state index in [0.29, 0.717) is 0 Å². The molecule has 0 saturated carbocycles. The Morgan fingerprint density at radius 1 is 1.57 bits per heavy atom. The molecular weight excluding hydrogens is 264 g/mol. The van der Waals surface area contributed by atoms with Crippen LogP contribution in [0.25, 0.3) is 0 Å². The predicted octanol–water partition coefficient (Wildman–Crippen LogP) is 2.24. The number of thiazole rings is 1. The highest BCUT2D eigenvalue weighted by Crippen LogP contribution is 2.21. The summed E-state index contributed by atoms with van der Waals surface area (Å²) < 4.78 is 1.88. The van der Waals surface area contributed by atoms with Crippen molar-refractivity contribution in [1.29, 1.82) is 0 Å². The molecule has 2 rings (SSSR count). The van der Waals surface area contributed by atoms with E-state index in [-0.39, 0.29) is 4.83 Å². The topological polar surface area (TPSA) is 43.6 Å². The molecule has 2 aromatic heterocycles. The van der Waals surface area contributed by atoms with Gasteiger partial charge in [-0.3, -0.25) is 4.98 Å². The minimum atomic E-state index is 0.269. The zero-order valence-corrected chi connectivity index (χ0v) is 9.99. The van der Waals surface area contributed by atoms with E-state index in [1.807, 2.05) is 16.4 Å². The van der Waals surface area contributed by atoms with Gasteiger partial charge in [-0.15, -0.1) is 16.4 Å². The summed E-state index contributed by atoms with van der Waals surface area (Å²) in [5.41, 5.74) is 2.90. The fraction of sp³-hybridized carbons (Fsp3) is 0.375. The Kier molecular flexibility index (Phi) is 2.93. The first-order valence-corrected chi connectivity index (χ1v) is 5.96. The number of nitrogens with zero attached hydrogens (tertiary/aromatic N) is 4. The molecule has 1 unspecified atom stereocenters. The first kappa shape index (κ1) is 9.79. The molecule has 0 amide bonds. The number of halogens is 1. The fourth-order valence-corrected chi connectivity index (χ4v) is 2.09. The third kappa shape index (κ3) is 2.01. The van der Waals surface area contributed by atoms with Crippen molar-refractivity contribution in [1.82, 2.24) is 20.0 Å². The molecule has 0 aliphatic carbocycles. The lowest BCUT2D eigenvalue weighted by Crippen LogP contribution is -2.05. The van der Waals surface area contributed by atoms with E-state index < -0.39 is 0 Å². The van der Waals surface area contributed by atoms with Crippen molar-refractivity contribution in [3.05, 3.63) is 28.5 Å². The zero-order chi connectivity index (χ0) is 9.97. The fourth-order valence-electron chi connectivity index (χ4n) is 1.16. The largest absolute Gasteiger partial charge is 0.253 e. The van der Waals surface area contributed by atoms with Gasteiger partial charge in [0.2, 0.25) is 0 Å². The Balaban J connectivity index is 2.21. The molecule has 2 aromatic rings. The minimum Gasteiger partial charge on any atom is -0.253 e. The summed E-state index contributed by atoms with van der Waals surface area (Å²) >= 11 is 5.13. The SMILES string of the molecule is CC(Br)c1cnnn1Cc1cncs1. The molecule has 74 valence electrons. The van der Waals surface area contributed by atoms with E-state index in [9.17, 15) is 0 Å². The highest BCUT2D eigenvalue weighted by Gasteiger charge is 2.09. The third-order valence-electron chi connectivity index (χ3n) is 1.84. The van der Waals surface area contributed by atoms with E-state index in [4.69, 9.17) is 0 Å². The van der Waals surface area contributed by atoms with Gasteiger partial charge in [0.05, 0.1) is 28.8 Å². The highest BCUT2D eigenvalue weighted by molar-refractivity contribution is 9.09. The van der Waals surface area contributed by atoms with Crippen molar-refractivity contribution in [3.63, 3.8) is 0 Å². The van der Waals surface area contributed by atoms with E-state index in [0.717, 1.165) is 12.2 Å². The highest BCUT2D eigenvalue weighted by atomic mass is 79.9. The summed E-state index contributed by atoms with van der Waals surface area (Å²) in [4.78, 5) is 5.48. The molecule has 0 radical (unpaired) electrons. The van der Waals surface area contributed by atoms with E-state index >= 15 is 0 Å². The summed E-state index contributed by atoms with van der Waals surface area (Å²) in [6, 6.07) is 0. The standard InChI is InChI=1S/C8H9BrN4S/c1-6(9)8-3-11-12-13(8)4-7-2-10-5-14-7/h2-3,5-6H,4H2,1H3. The number of hydrogen-bond acceptors (Lipinski definition) is 4. The molecule has 0 spiro atoms. The average molecular weight is 273 g/mol. The normalized spacial score (nSPS) is 13.0. The Morgan fingerprint density at radius 3 is 3.07 bits per heavy atom. The van der Waals surface area contributed by atoms with Crippen LogP contribution in [0.2, 0.25) is 0 Å². The molecule has 0 aliphatic heterocycles. The van der Waals surface area contributed by atoms with Crippen LogP contribution in [0.4, 0.5) is 0 Å². The molecule has 0 aliphatic rings. The average Bonchev–Trinajstić information content (AvgIpc) is 2.75. The van der Waals surface area contributed by atoms with Crippen LogP contribution in [-0.4, -0.2) is 20.0 Å². The Hall–Kier alpha value is -0.750. The second kappa shape index (κ2) is 4.18. The molecule has 2 heterocycles. The smallest absolute Gasteiger partial charge is 0.0794 e. The number of alkyl halides is 1. The molecular formula is C8H9BrN4S. The monoisotopic (exact) mass is 272 g/mol. The summed E-state index contributed by atoms with van der Waals surface area (Å²) in [6.45, 7) is 2.80. The van der Waals surface area contributed by atoms with Gasteiger partial charge >= 0.3 is 0 Å². The van der Waals surface area contributed by atoms with Gasteiger partial charge in [-0.05, 0) is 6.92 Å². The van der Waals surface area contributed by atoms with Crippen LogP contribution >= 0.6 is 27.3 Å². The summed E-state index contributed by atoms with van der Waals surface area (Å²) in [6.07, 6.45) is 3.63. The molecule has 0 aromatic carbocycles. The molecule has 14 heavy (non-hydrogen) atoms. The Morgan fingerprint density at radius 2 is 2.43 bits per heavy atom. The lowest BCUT2D eigenvalue weighted by atomic mass is 10.3. The van der Waals surface area contributed by atoms with Crippen molar-refractivity contribution in [2.24, 2.45) is 0 Å². The van der Waals surface area contributed by atoms with Gasteiger partial charge in [0.1, 0.15) is 0 Å². The van der Waals surface area contributed by atoms with E-state index in [1.165, 1.54) is 4.88 Å². The maximum Gasteiger partial charge on any atom is 0.0794 e. The van der Waals surface area contributed by atoms with Crippen LogP contribution in [-0.2, 0) is 6.54 Å². The van der Waals surface area contributed by atoms with Crippen LogP contribution in [0.15, 0.2) is 17.9 Å². The lowest BCUT2D eigenvalue weighted by molar-refractivity contribution is 0.626. The number of hydrogen-bond donors (Lipinski definition) is 0. The first-order valence-electron chi connectivity index (χ1n) is 4.17. The van der Waals surface area contributed by atoms with Crippen LogP contribution in [0.3, 0.4) is 0 Å². The Labute approximate surface area is 94.1 Å². The number of rotatable bonds is 3. The van der Waals surface area contributed by atoms with Gasteiger partial charge in [-0.1, -0.05) is 21.1 Å². The molecule has 0 saturated heterocycles. The van der Waals surface area contributed by atoms with Gasteiger partial charge < -0.3 is 0 Å². The molecule has 0 fully saturated rings. The van der Waals surface area contributed by atoms with Gasteiger partial charge in [0.25, 0.3) is 0 Å². The van der Waals surface area contributed by atoms with Gasteiger partial charge in [-0.2, -0.15) is 0 Å². The molecule has 6 heteroatoms. The van der Waals surface area contributed by atoms with Gasteiger partial charge in [0, 0.05) is 11.1 Å². The maximum absolute atomic E-state index is 4.03. The van der Waals surface area contributed by atoms with Crippen LogP contribution in [0.5, 0.6) is 0 Å². The Bertz CT molecular complexity index is 395. The molecule has 1 atom stereocenters. The molecule has 0 N–H and O–H groups in total. The van der Waals surface area contributed by atoms with E-state index in [2.05, 4.69) is 38.1 Å². The van der Waals surface area contributed by atoms with Gasteiger partial charge in [0.15, 0.2) is 0 Å². The summed E-state index contributed by atoms with van der Waals surface area (Å²) in [5, 5.41) is 7.92. The van der Waals surface area contributed by atoms with Crippen molar-refractivity contribution in [2.45, 2.75) is 18.3 Å². The maximum atomic E-state index is 4.03. The number of aromatic nitrogens is 4. The second-order valence-corrected chi connectivity index (χ2v) is 5.24. The molecule has 0 bridgehead atoms. The first-order chi connectivity index (χ1) is 6.77. The summed E-state index contributed by atoms with van der Waals surface area (Å²) in [7, 11) is 0. The van der Waals surface area contributed by atoms with E-state index in [1.54, 1.807) is 17.5 Å². The molecule has 4 nitrogen and oxygen atoms in total. The summed E-state index contributed by atoms with van der Waals surface area (Å²) in [5.74, 6) is 0. The zero-order valence-electron chi connectivity index (χ0n) is 7.59. The quantitative estimate of drug-likeness (QED) is 0.805. The third-order valence-corrected chi connectivity index (χ3v) is 3.08. The van der Waals surface area contributed by atoms with Crippen molar-refractivity contribution >= 4 is 27.3 Å². The van der Waals surface area contributed by atoms with Crippen molar-refractivity contribution in [2.75, 3.05) is 0 Å². The van der Waals surface area contributed by atoms with Crippen molar-refractivity contribution < 1.29 is 0 Å². The predicted molar refractivity (Wildman–Crippen MR) is 58.6 cm³/mol. The van der Waals surface area contributed by atoms with Crippen LogP contribution in [0, 0.1) is 0 Å². The van der Waals surface area contributed by atoms with Crippen LogP contribution in [0.1, 0.15) is 22.3 Å².